The van der Waals surface area contributed by atoms with Crippen LogP contribution in [0.5, 0.6) is 5.88 Å². The molecule has 0 bridgehead atoms. The van der Waals surface area contributed by atoms with Gasteiger partial charge in [0, 0.05) is 6.61 Å². The first-order valence-electron chi connectivity index (χ1n) is 6.47. The van der Waals surface area contributed by atoms with E-state index in [9.17, 15) is 0 Å². The molecule has 2 rings (SSSR count). The minimum absolute atomic E-state index is 0.122. The average Bonchev–Trinajstić information content (AvgIpc) is 2.41. The first-order chi connectivity index (χ1) is 9.09. The molecule has 0 aromatic carbocycles. The Hall–Kier alpha value is -1.27. The highest BCUT2D eigenvalue weighted by atomic mass is 32.1. The lowest BCUT2D eigenvalue weighted by atomic mass is 10.1. The van der Waals surface area contributed by atoms with E-state index in [4.69, 9.17) is 27.4 Å². The van der Waals surface area contributed by atoms with Gasteiger partial charge in [-0.15, -0.1) is 5.10 Å². The van der Waals surface area contributed by atoms with E-state index in [-0.39, 0.29) is 11.1 Å². The summed E-state index contributed by atoms with van der Waals surface area (Å²) in [6, 6.07) is 0. The minimum atomic E-state index is 0.122. The number of aryl methyl sites for hydroxylation is 1. The minimum Gasteiger partial charge on any atom is -0.473 e. The Labute approximate surface area is 118 Å². The van der Waals surface area contributed by atoms with Crippen molar-refractivity contribution in [3.05, 3.63) is 16.8 Å². The highest BCUT2D eigenvalue weighted by Gasteiger charge is 2.18. The topological polar surface area (TPSA) is 70.3 Å². The lowest BCUT2D eigenvalue weighted by molar-refractivity contribution is -0.0121. The summed E-state index contributed by atoms with van der Waals surface area (Å²) in [5.74, 6) is 0.407. The second-order valence-electron chi connectivity index (χ2n) is 4.75. The molecule has 0 spiro atoms. The van der Waals surface area contributed by atoms with Crippen molar-refractivity contribution in [1.82, 2.24) is 10.2 Å². The molecule has 2 N–H and O–H groups in total. The summed E-state index contributed by atoms with van der Waals surface area (Å²) in [5.41, 5.74) is 8.15. The number of aromatic nitrogens is 2. The number of rotatable bonds is 4. The van der Waals surface area contributed by atoms with Gasteiger partial charge in [-0.2, -0.15) is 5.10 Å². The Morgan fingerprint density at radius 1 is 1.42 bits per heavy atom. The molecule has 0 amide bonds. The average molecular weight is 281 g/mol. The predicted octanol–water partition coefficient (Wildman–Crippen LogP) is 1.68. The molecule has 1 aliphatic rings. The molecule has 0 saturated carbocycles. The van der Waals surface area contributed by atoms with Gasteiger partial charge in [-0.05, 0) is 38.7 Å². The molecular formula is C13H19N3O2S. The van der Waals surface area contributed by atoms with Gasteiger partial charge in [-0.3, -0.25) is 0 Å². The van der Waals surface area contributed by atoms with Crippen LogP contribution in [0.15, 0.2) is 0 Å². The molecule has 1 atom stereocenters. The van der Waals surface area contributed by atoms with Crippen molar-refractivity contribution in [3.8, 4) is 5.88 Å². The monoisotopic (exact) mass is 281 g/mol. The Morgan fingerprint density at radius 3 is 2.84 bits per heavy atom. The Bertz CT molecular complexity index is 473. The van der Waals surface area contributed by atoms with E-state index in [1.807, 2.05) is 13.8 Å². The molecule has 5 nitrogen and oxygen atoms in total. The summed E-state index contributed by atoms with van der Waals surface area (Å²) in [4.78, 5) is 0.287. The van der Waals surface area contributed by atoms with Crippen molar-refractivity contribution in [3.63, 3.8) is 0 Å². The van der Waals surface area contributed by atoms with Crippen LogP contribution >= 0.6 is 12.2 Å². The van der Waals surface area contributed by atoms with Gasteiger partial charge in [-0.1, -0.05) is 12.2 Å². The van der Waals surface area contributed by atoms with Crippen LogP contribution < -0.4 is 10.5 Å². The lowest BCUT2D eigenvalue weighted by Gasteiger charge is -2.23. The molecule has 1 unspecified atom stereocenters. The Kier molecular flexibility index (Phi) is 4.66. The van der Waals surface area contributed by atoms with E-state index in [0.717, 1.165) is 30.7 Å². The molecule has 0 aliphatic carbocycles. The van der Waals surface area contributed by atoms with Crippen LogP contribution in [-0.4, -0.2) is 34.5 Å². The molecule has 19 heavy (non-hydrogen) atoms. The quantitative estimate of drug-likeness (QED) is 0.847. The zero-order chi connectivity index (χ0) is 13.8. The maximum atomic E-state index is 5.75. The van der Waals surface area contributed by atoms with Crippen molar-refractivity contribution in [1.29, 1.82) is 0 Å². The third kappa shape index (κ3) is 3.39. The molecule has 1 fully saturated rings. The van der Waals surface area contributed by atoms with Gasteiger partial charge in [-0.25, -0.2) is 0 Å². The summed E-state index contributed by atoms with van der Waals surface area (Å²) in [6.07, 6.45) is 3.43. The van der Waals surface area contributed by atoms with Gasteiger partial charge >= 0.3 is 0 Å². The van der Waals surface area contributed by atoms with Gasteiger partial charge in [0.1, 0.15) is 11.6 Å². The van der Waals surface area contributed by atoms with Crippen molar-refractivity contribution in [2.45, 2.75) is 39.2 Å². The van der Waals surface area contributed by atoms with Crippen molar-refractivity contribution >= 4 is 17.2 Å². The molecule has 1 aliphatic heterocycles. The number of thiocarbonyl (C=S) groups is 1. The van der Waals surface area contributed by atoms with Gasteiger partial charge in [0.05, 0.1) is 17.4 Å². The molecule has 1 aromatic rings. The number of ether oxygens (including phenoxy) is 2. The van der Waals surface area contributed by atoms with Crippen LogP contribution in [0.4, 0.5) is 0 Å². The van der Waals surface area contributed by atoms with Crippen LogP contribution in [0.2, 0.25) is 0 Å². The van der Waals surface area contributed by atoms with Crippen LogP contribution in [-0.2, 0) is 4.74 Å². The fraction of sp³-hybridized carbons (Fsp3) is 0.615. The van der Waals surface area contributed by atoms with Crippen molar-refractivity contribution in [2.75, 3.05) is 13.2 Å². The number of nitrogens with two attached hydrogens (primary N) is 1. The summed E-state index contributed by atoms with van der Waals surface area (Å²) >= 11 is 5.07. The van der Waals surface area contributed by atoms with Gasteiger partial charge in [0.25, 0.3) is 0 Å². The zero-order valence-electron chi connectivity index (χ0n) is 11.3. The van der Waals surface area contributed by atoms with Gasteiger partial charge in [0.2, 0.25) is 5.88 Å². The molecule has 1 saturated heterocycles. The first-order valence-corrected chi connectivity index (χ1v) is 6.88. The fourth-order valence-electron chi connectivity index (χ4n) is 2.09. The molecule has 0 radical (unpaired) electrons. The second-order valence-corrected chi connectivity index (χ2v) is 5.19. The lowest BCUT2D eigenvalue weighted by Crippen LogP contribution is -2.27. The summed E-state index contributed by atoms with van der Waals surface area (Å²) in [6.45, 7) is 5.06. The van der Waals surface area contributed by atoms with E-state index < -0.39 is 0 Å². The number of nitrogens with zero attached hydrogens (tertiary/aromatic N) is 2. The van der Waals surface area contributed by atoms with Crippen LogP contribution in [0.25, 0.3) is 0 Å². The summed E-state index contributed by atoms with van der Waals surface area (Å²) in [5, 5.41) is 8.10. The second kappa shape index (κ2) is 6.25. The first kappa shape index (κ1) is 14.1. The van der Waals surface area contributed by atoms with Crippen molar-refractivity contribution in [2.24, 2.45) is 5.73 Å². The highest BCUT2D eigenvalue weighted by molar-refractivity contribution is 7.80. The molecule has 104 valence electrons. The third-order valence-electron chi connectivity index (χ3n) is 3.35. The fourth-order valence-corrected chi connectivity index (χ4v) is 2.33. The van der Waals surface area contributed by atoms with E-state index in [1.54, 1.807) is 0 Å². The number of hydrogen-bond donors (Lipinski definition) is 1. The molecular weight excluding hydrogens is 262 g/mol. The summed E-state index contributed by atoms with van der Waals surface area (Å²) < 4.78 is 11.3. The maximum Gasteiger partial charge on any atom is 0.244 e. The van der Waals surface area contributed by atoms with Crippen molar-refractivity contribution < 1.29 is 9.47 Å². The Morgan fingerprint density at radius 2 is 2.21 bits per heavy atom. The van der Waals surface area contributed by atoms with Crippen LogP contribution in [0, 0.1) is 13.8 Å². The normalized spacial score (nSPS) is 19.2. The molecule has 1 aromatic heterocycles. The van der Waals surface area contributed by atoms with Gasteiger partial charge in [0.15, 0.2) is 0 Å². The number of hydrogen-bond acceptors (Lipinski definition) is 5. The third-order valence-corrected chi connectivity index (χ3v) is 3.55. The van der Waals surface area contributed by atoms with Crippen LogP contribution in [0.1, 0.15) is 36.1 Å². The summed E-state index contributed by atoms with van der Waals surface area (Å²) in [7, 11) is 0. The van der Waals surface area contributed by atoms with E-state index in [1.165, 1.54) is 6.42 Å². The van der Waals surface area contributed by atoms with E-state index in [0.29, 0.717) is 18.1 Å². The van der Waals surface area contributed by atoms with Gasteiger partial charge < -0.3 is 15.2 Å². The predicted molar refractivity (Wildman–Crippen MR) is 76.5 cm³/mol. The van der Waals surface area contributed by atoms with E-state index in [2.05, 4.69) is 10.2 Å². The Balaban J connectivity index is 2.11. The smallest absolute Gasteiger partial charge is 0.244 e. The molecule has 6 heteroatoms. The SMILES string of the molecule is Cc1nnc(OCC2CCCCO2)c(C(N)=S)c1C. The van der Waals surface area contributed by atoms with Crippen LogP contribution in [0.3, 0.4) is 0 Å². The largest absolute Gasteiger partial charge is 0.473 e. The zero-order valence-corrected chi connectivity index (χ0v) is 12.1. The molecule has 2 heterocycles. The maximum absolute atomic E-state index is 5.75. The standard InChI is InChI=1S/C13H19N3O2S/c1-8-9(2)15-16-13(11(8)12(14)19)18-7-10-5-3-4-6-17-10/h10H,3-7H2,1-2H3,(H2,14,19). The highest BCUT2D eigenvalue weighted by Crippen LogP contribution is 2.21. The van der Waals surface area contributed by atoms with E-state index >= 15 is 0 Å².